The second kappa shape index (κ2) is 6.07. The molecule has 4 heteroatoms. The summed E-state index contributed by atoms with van der Waals surface area (Å²) in [6, 6.07) is 4.40. The van der Waals surface area contributed by atoms with E-state index in [0.29, 0.717) is 0 Å². The summed E-state index contributed by atoms with van der Waals surface area (Å²) < 4.78 is 0. The number of aromatic nitrogens is 2. The predicted octanol–water partition coefficient (Wildman–Crippen LogP) is 3.24. The van der Waals surface area contributed by atoms with Crippen molar-refractivity contribution in [1.29, 1.82) is 0 Å². The Bertz CT molecular complexity index is 507. The van der Waals surface area contributed by atoms with Crippen LogP contribution in [0.2, 0.25) is 0 Å². The molecular weight excluding hydrogens is 242 g/mol. The fourth-order valence-electron chi connectivity index (χ4n) is 1.93. The highest BCUT2D eigenvalue weighted by molar-refractivity contribution is 7.10. The summed E-state index contributed by atoms with van der Waals surface area (Å²) in [5.74, 6) is 0.822. The van der Waals surface area contributed by atoms with Crippen molar-refractivity contribution in [2.75, 3.05) is 6.54 Å². The summed E-state index contributed by atoms with van der Waals surface area (Å²) in [6.45, 7) is 7.23. The van der Waals surface area contributed by atoms with E-state index in [0.717, 1.165) is 24.5 Å². The number of thiophene rings is 1. The van der Waals surface area contributed by atoms with Crippen LogP contribution in [0.1, 0.15) is 41.3 Å². The third-order valence-corrected chi connectivity index (χ3v) is 3.66. The van der Waals surface area contributed by atoms with Crippen LogP contribution in [-0.4, -0.2) is 16.5 Å². The molecule has 2 aromatic heterocycles. The van der Waals surface area contributed by atoms with Crippen LogP contribution in [0.25, 0.3) is 0 Å². The van der Waals surface area contributed by atoms with Crippen LogP contribution in [0.5, 0.6) is 0 Å². The largest absolute Gasteiger partial charge is 0.305 e. The molecular formula is C14H19N3S. The van der Waals surface area contributed by atoms with Crippen molar-refractivity contribution in [3.8, 4) is 0 Å². The van der Waals surface area contributed by atoms with E-state index in [1.807, 2.05) is 19.2 Å². The Balaban J connectivity index is 2.30. The minimum atomic E-state index is 0.177. The lowest BCUT2D eigenvalue weighted by atomic mass is 10.1. The van der Waals surface area contributed by atoms with Crippen LogP contribution >= 0.6 is 11.3 Å². The minimum absolute atomic E-state index is 0.177. The molecule has 3 nitrogen and oxygen atoms in total. The molecule has 2 heterocycles. The molecule has 0 saturated carbocycles. The zero-order valence-electron chi connectivity index (χ0n) is 11.1. The molecule has 18 heavy (non-hydrogen) atoms. The molecule has 1 N–H and O–H groups in total. The van der Waals surface area contributed by atoms with E-state index < -0.39 is 0 Å². The molecule has 1 unspecified atom stereocenters. The summed E-state index contributed by atoms with van der Waals surface area (Å²) in [5, 5.41) is 5.77. The Morgan fingerprint density at radius 1 is 1.39 bits per heavy atom. The zero-order chi connectivity index (χ0) is 13.0. The van der Waals surface area contributed by atoms with Crippen LogP contribution in [0.15, 0.2) is 23.7 Å². The van der Waals surface area contributed by atoms with E-state index in [4.69, 9.17) is 0 Å². The smallest absolute Gasteiger partial charge is 0.125 e. The van der Waals surface area contributed by atoms with Crippen molar-refractivity contribution in [2.24, 2.45) is 0 Å². The van der Waals surface area contributed by atoms with Gasteiger partial charge in [0.25, 0.3) is 0 Å². The van der Waals surface area contributed by atoms with Gasteiger partial charge in [0.1, 0.15) is 5.82 Å². The lowest BCUT2D eigenvalue weighted by Gasteiger charge is -2.17. The molecule has 0 spiro atoms. The maximum absolute atomic E-state index is 4.54. The predicted molar refractivity (Wildman–Crippen MR) is 76.0 cm³/mol. The van der Waals surface area contributed by atoms with E-state index in [1.165, 1.54) is 10.4 Å². The van der Waals surface area contributed by atoms with E-state index in [9.17, 15) is 0 Å². The first-order valence-corrected chi connectivity index (χ1v) is 7.16. The molecule has 0 saturated heterocycles. The van der Waals surface area contributed by atoms with Gasteiger partial charge in [-0.2, -0.15) is 0 Å². The summed E-state index contributed by atoms with van der Waals surface area (Å²) in [7, 11) is 0. The SMILES string of the molecule is CCCNC(c1csc(C)c1)c1ccnc(C)n1. The Hall–Kier alpha value is -1.26. The molecule has 0 amide bonds. The summed E-state index contributed by atoms with van der Waals surface area (Å²) in [6.07, 6.45) is 2.95. The molecule has 0 aliphatic rings. The van der Waals surface area contributed by atoms with Gasteiger partial charge in [0.15, 0.2) is 0 Å². The lowest BCUT2D eigenvalue weighted by Crippen LogP contribution is -2.24. The third kappa shape index (κ3) is 3.15. The van der Waals surface area contributed by atoms with Crippen LogP contribution in [-0.2, 0) is 0 Å². The van der Waals surface area contributed by atoms with Crippen molar-refractivity contribution in [2.45, 2.75) is 33.2 Å². The molecule has 2 aromatic rings. The number of hydrogen-bond donors (Lipinski definition) is 1. The number of aryl methyl sites for hydroxylation is 2. The summed E-state index contributed by atoms with van der Waals surface area (Å²) in [4.78, 5) is 10.0. The molecule has 0 fully saturated rings. The van der Waals surface area contributed by atoms with Crippen LogP contribution in [0.3, 0.4) is 0 Å². The van der Waals surface area contributed by atoms with Crippen LogP contribution in [0.4, 0.5) is 0 Å². The first kappa shape index (κ1) is 13.2. The Labute approximate surface area is 112 Å². The van der Waals surface area contributed by atoms with Gasteiger partial charge in [-0.15, -0.1) is 11.3 Å². The standard InChI is InChI=1S/C14H19N3S/c1-4-6-16-14(12-8-10(2)18-9-12)13-5-7-15-11(3)17-13/h5,7-9,14,16H,4,6H2,1-3H3. The average Bonchev–Trinajstić information content (AvgIpc) is 2.76. The van der Waals surface area contributed by atoms with Gasteiger partial charge < -0.3 is 5.32 Å². The monoisotopic (exact) mass is 261 g/mol. The normalized spacial score (nSPS) is 12.6. The summed E-state index contributed by atoms with van der Waals surface area (Å²) in [5.41, 5.74) is 2.35. The molecule has 0 bridgehead atoms. The Kier molecular flexibility index (Phi) is 4.44. The average molecular weight is 261 g/mol. The van der Waals surface area contributed by atoms with Gasteiger partial charge in [-0.1, -0.05) is 6.92 Å². The van der Waals surface area contributed by atoms with Crippen molar-refractivity contribution in [3.63, 3.8) is 0 Å². The quantitative estimate of drug-likeness (QED) is 0.898. The number of nitrogens with zero attached hydrogens (tertiary/aromatic N) is 2. The zero-order valence-corrected chi connectivity index (χ0v) is 11.9. The van der Waals surface area contributed by atoms with Gasteiger partial charge >= 0.3 is 0 Å². The van der Waals surface area contributed by atoms with Gasteiger partial charge in [-0.3, -0.25) is 0 Å². The number of nitrogens with one attached hydrogen (secondary N) is 1. The van der Waals surface area contributed by atoms with Crippen molar-refractivity contribution in [1.82, 2.24) is 15.3 Å². The maximum atomic E-state index is 4.54. The van der Waals surface area contributed by atoms with Crippen molar-refractivity contribution < 1.29 is 0 Å². The van der Waals surface area contributed by atoms with Gasteiger partial charge in [0.2, 0.25) is 0 Å². The number of hydrogen-bond acceptors (Lipinski definition) is 4. The van der Waals surface area contributed by atoms with Gasteiger partial charge in [0.05, 0.1) is 11.7 Å². The Morgan fingerprint density at radius 3 is 2.83 bits per heavy atom. The van der Waals surface area contributed by atoms with E-state index in [1.54, 1.807) is 11.3 Å². The molecule has 0 aliphatic carbocycles. The molecule has 96 valence electrons. The van der Waals surface area contributed by atoms with Crippen LogP contribution in [0, 0.1) is 13.8 Å². The highest BCUT2D eigenvalue weighted by Crippen LogP contribution is 2.25. The maximum Gasteiger partial charge on any atom is 0.125 e. The van der Waals surface area contributed by atoms with Crippen molar-refractivity contribution >= 4 is 11.3 Å². The molecule has 1 atom stereocenters. The van der Waals surface area contributed by atoms with Gasteiger partial charge in [-0.05, 0) is 49.9 Å². The van der Waals surface area contributed by atoms with E-state index >= 15 is 0 Å². The van der Waals surface area contributed by atoms with Gasteiger partial charge in [0, 0.05) is 11.1 Å². The number of rotatable bonds is 5. The highest BCUT2D eigenvalue weighted by atomic mass is 32.1. The molecule has 0 aromatic carbocycles. The molecule has 2 rings (SSSR count). The minimum Gasteiger partial charge on any atom is -0.305 e. The van der Waals surface area contributed by atoms with E-state index in [-0.39, 0.29) is 6.04 Å². The molecule has 0 aliphatic heterocycles. The fourth-order valence-corrected chi connectivity index (χ4v) is 2.66. The van der Waals surface area contributed by atoms with Crippen LogP contribution < -0.4 is 5.32 Å². The first-order valence-electron chi connectivity index (χ1n) is 6.28. The second-order valence-corrected chi connectivity index (χ2v) is 5.52. The topological polar surface area (TPSA) is 37.8 Å². The second-order valence-electron chi connectivity index (χ2n) is 4.41. The summed E-state index contributed by atoms with van der Waals surface area (Å²) >= 11 is 1.78. The highest BCUT2D eigenvalue weighted by Gasteiger charge is 2.16. The lowest BCUT2D eigenvalue weighted by molar-refractivity contribution is 0.585. The van der Waals surface area contributed by atoms with Gasteiger partial charge in [-0.25, -0.2) is 9.97 Å². The first-order chi connectivity index (χ1) is 8.70. The fraction of sp³-hybridized carbons (Fsp3) is 0.429. The Morgan fingerprint density at radius 2 is 2.22 bits per heavy atom. The van der Waals surface area contributed by atoms with Crippen molar-refractivity contribution in [3.05, 3.63) is 45.7 Å². The molecule has 0 radical (unpaired) electrons. The third-order valence-electron chi connectivity index (χ3n) is 2.78. The van der Waals surface area contributed by atoms with E-state index in [2.05, 4.69) is 40.6 Å².